The molecule has 1 aliphatic rings. The van der Waals surface area contributed by atoms with Crippen molar-refractivity contribution in [1.29, 1.82) is 0 Å². The monoisotopic (exact) mass is 321 g/mol. The van der Waals surface area contributed by atoms with Gasteiger partial charge in [-0.2, -0.15) is 0 Å². The van der Waals surface area contributed by atoms with Crippen LogP contribution in [0.3, 0.4) is 0 Å². The van der Waals surface area contributed by atoms with Gasteiger partial charge in [0.15, 0.2) is 18.9 Å². The Morgan fingerprint density at radius 1 is 1.05 bits per heavy atom. The van der Waals surface area contributed by atoms with E-state index in [1.54, 1.807) is 6.07 Å². The number of benzene rings is 2. The second-order valence-electron chi connectivity index (χ2n) is 5.24. The molecule has 0 fully saturated rings. The SMILES string of the molecule is CCC(Bc1ccc2c(c1)PNP2)c1ccc(F)c(F)c1. The van der Waals surface area contributed by atoms with Crippen molar-refractivity contribution in [2.75, 3.05) is 0 Å². The maximum absolute atomic E-state index is 13.4. The molecule has 0 aliphatic carbocycles. The zero-order valence-corrected chi connectivity index (χ0v) is 13.7. The summed E-state index contributed by atoms with van der Waals surface area (Å²) >= 11 is 0. The third-order valence-corrected chi connectivity index (χ3v) is 6.51. The highest BCUT2D eigenvalue weighted by atomic mass is 31.1. The molecule has 2 aromatic carbocycles. The van der Waals surface area contributed by atoms with Crippen molar-refractivity contribution in [1.82, 2.24) is 4.86 Å². The summed E-state index contributed by atoms with van der Waals surface area (Å²) in [6.45, 7) is 2.09. The molecule has 3 unspecified atom stereocenters. The molecule has 0 aromatic heterocycles. The molecule has 1 aliphatic heterocycles. The summed E-state index contributed by atoms with van der Waals surface area (Å²) in [6.07, 6.45) is 0.907. The van der Waals surface area contributed by atoms with Gasteiger partial charge in [-0.1, -0.05) is 43.1 Å². The van der Waals surface area contributed by atoms with E-state index in [0.717, 1.165) is 19.3 Å². The van der Waals surface area contributed by atoms with Crippen LogP contribution in [0.2, 0.25) is 0 Å². The Morgan fingerprint density at radius 2 is 1.86 bits per heavy atom. The molecule has 3 rings (SSSR count). The number of hydrogen-bond acceptors (Lipinski definition) is 1. The summed E-state index contributed by atoms with van der Waals surface area (Å²) in [6, 6.07) is 10.9. The molecule has 0 saturated carbocycles. The fourth-order valence-corrected chi connectivity index (χ4v) is 5.20. The van der Waals surface area contributed by atoms with Gasteiger partial charge in [-0.05, 0) is 51.6 Å². The fraction of sp³-hybridized carbons (Fsp3) is 0.200. The van der Waals surface area contributed by atoms with Crippen LogP contribution in [0.25, 0.3) is 0 Å². The van der Waals surface area contributed by atoms with Crippen LogP contribution in [0.1, 0.15) is 24.7 Å². The molecule has 1 nitrogen and oxygen atoms in total. The first-order chi connectivity index (χ1) is 10.2. The normalized spacial score (nSPS) is 17.1. The van der Waals surface area contributed by atoms with Crippen LogP contribution in [0.15, 0.2) is 36.4 Å². The Kier molecular flexibility index (Phi) is 4.69. The Balaban J connectivity index is 1.82. The van der Waals surface area contributed by atoms with Crippen LogP contribution in [-0.2, 0) is 0 Å². The third-order valence-electron chi connectivity index (χ3n) is 3.87. The quantitative estimate of drug-likeness (QED) is 0.673. The van der Waals surface area contributed by atoms with E-state index in [2.05, 4.69) is 30.0 Å². The van der Waals surface area contributed by atoms with Gasteiger partial charge in [-0.15, -0.1) is 0 Å². The van der Waals surface area contributed by atoms with Crippen molar-refractivity contribution < 1.29 is 8.78 Å². The van der Waals surface area contributed by atoms with E-state index in [0.29, 0.717) is 17.5 Å². The first-order valence-corrected chi connectivity index (χ1v) is 9.02. The van der Waals surface area contributed by atoms with Crippen LogP contribution in [0.5, 0.6) is 0 Å². The number of rotatable bonds is 4. The lowest BCUT2D eigenvalue weighted by Crippen LogP contribution is -2.27. The van der Waals surface area contributed by atoms with Crippen molar-refractivity contribution in [2.24, 2.45) is 0 Å². The Hall–Kier alpha value is -0.815. The molecule has 0 amide bonds. The number of fused-ring (bicyclic) bond motifs is 1. The Morgan fingerprint density at radius 3 is 2.62 bits per heavy atom. The molecular weight excluding hydrogens is 305 g/mol. The molecule has 0 saturated heterocycles. The van der Waals surface area contributed by atoms with Crippen molar-refractivity contribution in [3.8, 4) is 0 Å². The molecule has 108 valence electrons. The van der Waals surface area contributed by atoms with Gasteiger partial charge in [-0.25, -0.2) is 8.78 Å². The van der Waals surface area contributed by atoms with E-state index in [1.807, 2.05) is 0 Å². The topological polar surface area (TPSA) is 12.0 Å². The molecule has 0 spiro atoms. The van der Waals surface area contributed by atoms with E-state index in [-0.39, 0.29) is 5.82 Å². The average Bonchev–Trinajstić information content (AvgIpc) is 2.95. The maximum atomic E-state index is 13.4. The lowest BCUT2D eigenvalue weighted by molar-refractivity contribution is 0.506. The van der Waals surface area contributed by atoms with E-state index >= 15 is 0 Å². The fourth-order valence-electron chi connectivity index (χ4n) is 2.65. The second-order valence-corrected chi connectivity index (χ2v) is 7.82. The van der Waals surface area contributed by atoms with Crippen LogP contribution >= 0.6 is 17.5 Å². The second kappa shape index (κ2) is 6.52. The summed E-state index contributed by atoms with van der Waals surface area (Å²) in [5.74, 6) is -1.32. The molecule has 2 aromatic rings. The number of hydrogen-bond donors (Lipinski definition) is 1. The number of halogens is 2. The minimum Gasteiger partial charge on any atom is -0.271 e. The highest BCUT2D eigenvalue weighted by molar-refractivity contribution is 7.67. The Labute approximate surface area is 127 Å². The maximum Gasteiger partial charge on any atom is 0.165 e. The third kappa shape index (κ3) is 3.34. The van der Waals surface area contributed by atoms with Gasteiger partial charge in [0, 0.05) is 0 Å². The molecule has 3 atom stereocenters. The molecule has 0 bridgehead atoms. The van der Waals surface area contributed by atoms with E-state index in [9.17, 15) is 8.78 Å². The molecule has 1 heterocycles. The summed E-state index contributed by atoms with van der Waals surface area (Å²) in [7, 11) is 2.27. The number of nitrogens with one attached hydrogen (secondary N) is 1. The van der Waals surface area contributed by atoms with E-state index in [1.165, 1.54) is 28.2 Å². The van der Waals surface area contributed by atoms with Crippen molar-refractivity contribution in [2.45, 2.75) is 19.2 Å². The summed E-state index contributed by atoms with van der Waals surface area (Å²) in [4.78, 5) is 3.39. The minimum atomic E-state index is -0.778. The zero-order chi connectivity index (χ0) is 14.8. The highest BCUT2D eigenvalue weighted by Crippen LogP contribution is 2.23. The van der Waals surface area contributed by atoms with E-state index < -0.39 is 11.6 Å². The smallest absolute Gasteiger partial charge is 0.165 e. The highest BCUT2D eigenvalue weighted by Gasteiger charge is 2.16. The first kappa shape index (κ1) is 15.1. The van der Waals surface area contributed by atoms with Crippen LogP contribution < -0.4 is 20.9 Å². The Bertz CT molecular complexity index is 666. The summed E-state index contributed by atoms with van der Waals surface area (Å²) < 4.78 is 26.5. The zero-order valence-electron chi connectivity index (χ0n) is 11.7. The molecule has 0 radical (unpaired) electrons. The largest absolute Gasteiger partial charge is 0.271 e. The van der Waals surface area contributed by atoms with Gasteiger partial charge in [0.1, 0.15) is 0 Å². The molecular formula is C15H16BF2NP2. The van der Waals surface area contributed by atoms with Crippen LogP contribution in [0.4, 0.5) is 8.78 Å². The predicted octanol–water partition coefficient (Wildman–Crippen LogP) is 2.22. The lowest BCUT2D eigenvalue weighted by atomic mass is 9.56. The first-order valence-electron chi connectivity index (χ1n) is 7.02. The van der Waals surface area contributed by atoms with Gasteiger partial charge in [0.2, 0.25) is 0 Å². The summed E-state index contributed by atoms with van der Waals surface area (Å²) in [5.41, 5.74) is 2.14. The van der Waals surface area contributed by atoms with Gasteiger partial charge in [-0.3, -0.25) is 4.86 Å². The van der Waals surface area contributed by atoms with Gasteiger partial charge >= 0.3 is 0 Å². The molecule has 1 N–H and O–H groups in total. The minimum absolute atomic E-state index is 0.221. The van der Waals surface area contributed by atoms with Crippen molar-refractivity contribution in [3.63, 3.8) is 0 Å². The van der Waals surface area contributed by atoms with Crippen molar-refractivity contribution >= 4 is 40.8 Å². The van der Waals surface area contributed by atoms with Gasteiger partial charge in [0.25, 0.3) is 0 Å². The van der Waals surface area contributed by atoms with Crippen LogP contribution in [-0.4, -0.2) is 7.28 Å². The van der Waals surface area contributed by atoms with E-state index in [4.69, 9.17) is 0 Å². The molecule has 21 heavy (non-hydrogen) atoms. The van der Waals surface area contributed by atoms with Gasteiger partial charge < -0.3 is 0 Å². The standard InChI is InChI=1S/C15H16BF2NP2/c1-2-11(9-3-5-12(17)13(18)7-9)16-10-4-6-14-15(8-10)21-19-20-14/h3-8,11,16,19-21H,2H2,1H3. The molecule has 6 heteroatoms. The average molecular weight is 321 g/mol. The van der Waals surface area contributed by atoms with Gasteiger partial charge in [0.05, 0.1) is 0 Å². The lowest BCUT2D eigenvalue weighted by Gasteiger charge is -2.15. The van der Waals surface area contributed by atoms with Crippen molar-refractivity contribution in [3.05, 3.63) is 53.6 Å². The summed E-state index contributed by atoms with van der Waals surface area (Å²) in [5, 5.41) is 2.80. The predicted molar refractivity (Wildman–Crippen MR) is 91.6 cm³/mol. The van der Waals surface area contributed by atoms with Crippen LogP contribution in [0, 0.1) is 11.6 Å².